The van der Waals surface area contributed by atoms with Gasteiger partial charge in [-0.2, -0.15) is 0 Å². The van der Waals surface area contributed by atoms with E-state index in [9.17, 15) is 19.3 Å². The maximum absolute atomic E-state index is 13.6. The first kappa shape index (κ1) is 16.8. The highest BCUT2D eigenvalue weighted by Crippen LogP contribution is 2.16. The fourth-order valence-electron chi connectivity index (χ4n) is 1.67. The molecule has 0 radical (unpaired) electrons. The number of unbranched alkanes of at least 4 members (excludes halogenated alkanes) is 3. The van der Waals surface area contributed by atoms with Crippen LogP contribution in [0.3, 0.4) is 0 Å². The molecule has 5 nitrogen and oxygen atoms in total. The number of nitrogens with zero attached hydrogens (tertiary/aromatic N) is 1. The Balaban J connectivity index is 2.45. The topological polar surface area (TPSA) is 72.2 Å². The van der Waals surface area contributed by atoms with Gasteiger partial charge >= 0.3 is 0 Å². The smallest absolute Gasteiger partial charge is 0.272 e. The molecule has 0 aliphatic heterocycles. The number of rotatable bonds is 8. The van der Waals surface area contributed by atoms with Gasteiger partial charge < -0.3 is 5.32 Å². The van der Waals surface area contributed by atoms with Crippen molar-refractivity contribution in [3.63, 3.8) is 0 Å². The summed E-state index contributed by atoms with van der Waals surface area (Å²) in [4.78, 5) is 21.5. The van der Waals surface area contributed by atoms with E-state index in [1.807, 2.05) is 0 Å². The molecule has 7 heteroatoms. The first-order valence-corrected chi connectivity index (χ1v) is 7.87. The summed E-state index contributed by atoms with van der Waals surface area (Å²) in [5.74, 6) is -1.41. The number of halogens is 2. The predicted octanol–water partition coefficient (Wildman–Crippen LogP) is 3.46. The lowest BCUT2D eigenvalue weighted by molar-refractivity contribution is -0.385. The summed E-state index contributed by atoms with van der Waals surface area (Å²) < 4.78 is 14.7. The van der Waals surface area contributed by atoms with Gasteiger partial charge in [0.25, 0.3) is 11.6 Å². The Morgan fingerprint density at radius 2 is 2.00 bits per heavy atom. The van der Waals surface area contributed by atoms with Crippen molar-refractivity contribution in [1.29, 1.82) is 0 Å². The Hall–Kier alpha value is -1.25. The molecular weight excluding hydrogens is 378 g/mol. The van der Waals surface area contributed by atoms with Crippen LogP contribution in [0.4, 0.5) is 10.1 Å². The number of alkyl halides is 1. The highest BCUT2D eigenvalue weighted by atomic mass is 127. The third-order valence-electron chi connectivity index (χ3n) is 2.75. The van der Waals surface area contributed by atoms with Crippen LogP contribution in [0.5, 0.6) is 0 Å². The van der Waals surface area contributed by atoms with Crippen LogP contribution in [0.15, 0.2) is 18.2 Å². The third-order valence-corrected chi connectivity index (χ3v) is 3.52. The molecule has 0 saturated carbocycles. The van der Waals surface area contributed by atoms with Crippen LogP contribution in [0.25, 0.3) is 0 Å². The minimum Gasteiger partial charge on any atom is -0.352 e. The van der Waals surface area contributed by atoms with Crippen LogP contribution >= 0.6 is 22.6 Å². The Morgan fingerprint density at radius 3 is 2.60 bits per heavy atom. The lowest BCUT2D eigenvalue weighted by Gasteiger charge is -2.06. The number of amides is 1. The van der Waals surface area contributed by atoms with E-state index in [-0.39, 0.29) is 11.3 Å². The summed E-state index contributed by atoms with van der Waals surface area (Å²) in [6, 6.07) is 3.02. The summed E-state index contributed by atoms with van der Waals surface area (Å²) in [6.45, 7) is 0.483. The van der Waals surface area contributed by atoms with Crippen molar-refractivity contribution in [2.45, 2.75) is 25.7 Å². The Morgan fingerprint density at radius 1 is 1.30 bits per heavy atom. The fraction of sp³-hybridized carbons (Fsp3) is 0.462. The Labute approximate surface area is 130 Å². The van der Waals surface area contributed by atoms with Crippen LogP contribution in [0, 0.1) is 15.9 Å². The van der Waals surface area contributed by atoms with Gasteiger partial charge in [0.2, 0.25) is 0 Å². The molecule has 0 unspecified atom stereocenters. The van der Waals surface area contributed by atoms with Gasteiger partial charge in [-0.3, -0.25) is 14.9 Å². The number of carbonyl (C=O) groups is 1. The van der Waals surface area contributed by atoms with E-state index >= 15 is 0 Å². The highest BCUT2D eigenvalue weighted by molar-refractivity contribution is 14.1. The lowest BCUT2D eigenvalue weighted by atomic mass is 10.1. The molecule has 1 rings (SSSR count). The van der Waals surface area contributed by atoms with E-state index < -0.39 is 16.6 Å². The second-order valence-electron chi connectivity index (χ2n) is 4.28. The van der Waals surface area contributed by atoms with Gasteiger partial charge in [-0.05, 0) is 23.3 Å². The van der Waals surface area contributed by atoms with Gasteiger partial charge in [0.1, 0.15) is 5.82 Å². The number of benzene rings is 1. The van der Waals surface area contributed by atoms with Crippen molar-refractivity contribution in [1.82, 2.24) is 5.32 Å². The first-order chi connectivity index (χ1) is 9.56. The van der Waals surface area contributed by atoms with E-state index in [1.165, 1.54) is 0 Å². The van der Waals surface area contributed by atoms with Crippen molar-refractivity contribution >= 4 is 34.2 Å². The van der Waals surface area contributed by atoms with Gasteiger partial charge in [-0.25, -0.2) is 4.39 Å². The van der Waals surface area contributed by atoms with Crippen LogP contribution in [-0.4, -0.2) is 21.8 Å². The van der Waals surface area contributed by atoms with Gasteiger partial charge in [0.05, 0.1) is 16.6 Å². The van der Waals surface area contributed by atoms with Gasteiger partial charge in [0.15, 0.2) is 0 Å². The number of hydrogen-bond donors (Lipinski definition) is 1. The van der Waals surface area contributed by atoms with E-state index in [4.69, 9.17) is 0 Å². The van der Waals surface area contributed by atoms with Crippen molar-refractivity contribution in [3.8, 4) is 0 Å². The molecule has 1 N–H and O–H groups in total. The van der Waals surface area contributed by atoms with E-state index in [0.717, 1.165) is 48.3 Å². The lowest BCUT2D eigenvalue weighted by Crippen LogP contribution is -2.25. The molecule has 110 valence electrons. The molecule has 0 aliphatic rings. The predicted molar refractivity (Wildman–Crippen MR) is 82.7 cm³/mol. The molecule has 0 atom stereocenters. The summed E-state index contributed by atoms with van der Waals surface area (Å²) in [6.07, 6.45) is 4.14. The van der Waals surface area contributed by atoms with Gasteiger partial charge in [-0.15, -0.1) is 0 Å². The summed E-state index contributed by atoms with van der Waals surface area (Å²) >= 11 is 2.32. The molecule has 0 saturated heterocycles. The quantitative estimate of drug-likeness (QED) is 0.241. The SMILES string of the molecule is O=C(NCCCCCCI)c1ccc([N+](=O)[O-])cc1F. The summed E-state index contributed by atoms with van der Waals surface area (Å²) in [5, 5.41) is 13.1. The second kappa shape index (κ2) is 8.83. The molecule has 0 aromatic heterocycles. The summed E-state index contributed by atoms with van der Waals surface area (Å²) in [5.41, 5.74) is -0.527. The maximum Gasteiger partial charge on any atom is 0.272 e. The van der Waals surface area contributed by atoms with E-state index in [0.29, 0.717) is 6.54 Å². The largest absolute Gasteiger partial charge is 0.352 e. The highest BCUT2D eigenvalue weighted by Gasteiger charge is 2.15. The zero-order valence-electron chi connectivity index (χ0n) is 10.9. The molecule has 0 bridgehead atoms. The number of hydrogen-bond acceptors (Lipinski definition) is 3. The molecule has 0 heterocycles. The fourth-order valence-corrected chi connectivity index (χ4v) is 2.21. The number of non-ortho nitro benzene ring substituents is 1. The van der Waals surface area contributed by atoms with E-state index in [2.05, 4.69) is 27.9 Å². The average molecular weight is 394 g/mol. The van der Waals surface area contributed by atoms with Crippen molar-refractivity contribution in [3.05, 3.63) is 39.7 Å². The van der Waals surface area contributed by atoms with Crippen LogP contribution in [0.1, 0.15) is 36.0 Å². The molecule has 0 fully saturated rings. The van der Waals surface area contributed by atoms with E-state index in [1.54, 1.807) is 0 Å². The average Bonchev–Trinajstić information content (AvgIpc) is 2.42. The molecule has 1 aromatic rings. The van der Waals surface area contributed by atoms with Crippen LogP contribution in [0.2, 0.25) is 0 Å². The van der Waals surface area contributed by atoms with Crippen molar-refractivity contribution < 1.29 is 14.1 Å². The molecule has 20 heavy (non-hydrogen) atoms. The molecule has 1 amide bonds. The number of nitrogens with one attached hydrogen (secondary N) is 1. The Kier molecular flexibility index (Phi) is 7.42. The van der Waals surface area contributed by atoms with Crippen LogP contribution in [-0.2, 0) is 0 Å². The summed E-state index contributed by atoms with van der Waals surface area (Å²) in [7, 11) is 0. The van der Waals surface area contributed by atoms with Crippen LogP contribution < -0.4 is 5.32 Å². The number of carbonyl (C=O) groups excluding carboxylic acids is 1. The molecule has 0 spiro atoms. The Bertz CT molecular complexity index is 483. The minimum atomic E-state index is -0.874. The van der Waals surface area contributed by atoms with Crippen molar-refractivity contribution in [2.24, 2.45) is 0 Å². The number of nitro benzene ring substituents is 1. The standard InChI is InChI=1S/C13H16FIN2O3/c14-12-9-10(17(19)20)5-6-11(12)13(18)16-8-4-2-1-3-7-15/h5-6,9H,1-4,7-8H2,(H,16,18). The molecule has 0 aliphatic carbocycles. The second-order valence-corrected chi connectivity index (χ2v) is 5.36. The molecular formula is C13H16FIN2O3. The maximum atomic E-state index is 13.6. The monoisotopic (exact) mass is 394 g/mol. The molecule has 1 aromatic carbocycles. The third kappa shape index (κ3) is 5.40. The zero-order chi connectivity index (χ0) is 15.0. The number of nitro groups is 1. The first-order valence-electron chi connectivity index (χ1n) is 6.34. The van der Waals surface area contributed by atoms with Crippen molar-refractivity contribution in [2.75, 3.05) is 11.0 Å². The minimum absolute atomic E-state index is 0.164. The van der Waals surface area contributed by atoms with Gasteiger partial charge in [0, 0.05) is 12.6 Å². The van der Waals surface area contributed by atoms with Gasteiger partial charge in [-0.1, -0.05) is 35.4 Å². The zero-order valence-corrected chi connectivity index (χ0v) is 13.1. The normalized spacial score (nSPS) is 10.3.